The quantitative estimate of drug-likeness (QED) is 0.125. The highest BCUT2D eigenvalue weighted by molar-refractivity contribution is 14.1. The Bertz CT molecular complexity index is 1700. The molecule has 0 saturated carbocycles. The minimum Gasteiger partial charge on any atom is -0.478 e. The molecule has 2 N–H and O–H groups in total. The van der Waals surface area contributed by atoms with Crippen molar-refractivity contribution in [3.05, 3.63) is 175 Å². The lowest BCUT2D eigenvalue weighted by Crippen LogP contribution is -2.18. The van der Waals surface area contributed by atoms with Crippen LogP contribution in [0, 0.1) is 42.6 Å². The molecule has 334 valence electrons. The summed E-state index contributed by atoms with van der Waals surface area (Å²) in [5.74, 6) is -0.863. The van der Waals surface area contributed by atoms with Gasteiger partial charge < -0.3 is 15.1 Å². The fraction of sp³-hybridized carbons (Fsp3) is 0.396. The highest BCUT2D eigenvalue weighted by atomic mass is 127. The van der Waals surface area contributed by atoms with Crippen LogP contribution in [0.15, 0.2) is 121 Å². The van der Waals surface area contributed by atoms with Gasteiger partial charge in [-0.25, -0.2) is 4.79 Å². The summed E-state index contributed by atoms with van der Waals surface area (Å²) in [7, 11) is 2.18. The van der Waals surface area contributed by atoms with E-state index in [9.17, 15) is 4.79 Å². The normalized spacial score (nSPS) is 8.52. The van der Waals surface area contributed by atoms with Crippen LogP contribution < -0.4 is 0 Å². The van der Waals surface area contributed by atoms with Crippen LogP contribution >= 0.6 is 38.5 Å². The second-order valence-corrected chi connectivity index (χ2v) is 13.2. The molecule has 5 aromatic rings. The first-order valence-electron chi connectivity index (χ1n) is 21.4. The molecule has 0 amide bonds. The van der Waals surface area contributed by atoms with Gasteiger partial charge in [0.1, 0.15) is 6.07 Å². The Hall–Kier alpha value is -3.81. The predicted octanol–water partition coefficient (Wildman–Crippen LogP) is 16.2. The molecule has 0 radical (unpaired) electrons. The Morgan fingerprint density at radius 3 is 1.27 bits per heavy atom. The van der Waals surface area contributed by atoms with Crippen molar-refractivity contribution < 1.29 is 15.0 Å². The highest BCUT2D eigenvalue weighted by Crippen LogP contribution is 2.11. The molecule has 0 fully saturated rings. The van der Waals surface area contributed by atoms with Gasteiger partial charge in [-0.05, 0) is 127 Å². The maximum atomic E-state index is 10.4. The molecular formula is C53H80BrIN2O3. The summed E-state index contributed by atoms with van der Waals surface area (Å²) in [6, 6.07) is 41.3. The Labute approximate surface area is 390 Å². The van der Waals surface area contributed by atoms with Crippen molar-refractivity contribution in [3.8, 4) is 6.07 Å². The van der Waals surface area contributed by atoms with Gasteiger partial charge in [-0.15, -0.1) is 0 Å². The van der Waals surface area contributed by atoms with Crippen LogP contribution in [-0.2, 0) is 18.5 Å². The maximum Gasteiger partial charge on any atom is 0.335 e. The van der Waals surface area contributed by atoms with Gasteiger partial charge in [0.05, 0.1) is 17.7 Å². The fourth-order valence-electron chi connectivity index (χ4n) is 4.45. The third-order valence-electron chi connectivity index (χ3n) is 7.51. The summed E-state index contributed by atoms with van der Waals surface area (Å²) >= 11 is 5.55. The first kappa shape index (κ1) is 65.3. The van der Waals surface area contributed by atoms with Gasteiger partial charge in [0.25, 0.3) is 0 Å². The molecule has 0 spiro atoms. The molecule has 0 atom stereocenters. The fourth-order valence-corrected chi connectivity index (χ4v) is 5.59. The van der Waals surface area contributed by atoms with Crippen molar-refractivity contribution in [2.75, 3.05) is 13.6 Å². The van der Waals surface area contributed by atoms with E-state index in [1.54, 1.807) is 25.1 Å². The summed E-state index contributed by atoms with van der Waals surface area (Å²) in [6.45, 7) is 32.7. The highest BCUT2D eigenvalue weighted by Gasteiger charge is 2.03. The number of hydrogen-bond acceptors (Lipinski definition) is 4. The van der Waals surface area contributed by atoms with Gasteiger partial charge in [-0.1, -0.05) is 195 Å². The molecule has 5 nitrogen and oxygen atoms in total. The number of aliphatic hydroxyl groups excluding tert-OH is 1. The lowest BCUT2D eigenvalue weighted by atomic mass is 10.1. The zero-order valence-electron chi connectivity index (χ0n) is 40.0. The van der Waals surface area contributed by atoms with Gasteiger partial charge in [-0.3, -0.25) is 0 Å². The van der Waals surface area contributed by atoms with E-state index in [0.29, 0.717) is 5.56 Å². The second-order valence-electron chi connectivity index (χ2n) is 11.5. The third kappa shape index (κ3) is 33.0. The minimum absolute atomic E-state index is 0.146. The summed E-state index contributed by atoms with van der Waals surface area (Å²) in [5, 5.41) is 26.7. The second kappa shape index (κ2) is 47.9. The number of benzene rings is 5. The third-order valence-corrected chi connectivity index (χ3v) is 9.06. The number of aryl methyl sites for hydroxylation is 4. The topological polar surface area (TPSA) is 84.6 Å². The van der Waals surface area contributed by atoms with Gasteiger partial charge in [-0.2, -0.15) is 5.26 Å². The summed E-state index contributed by atoms with van der Waals surface area (Å²) in [5.41, 5.74) is 9.66. The zero-order chi connectivity index (χ0) is 47.3. The molecule has 0 bridgehead atoms. The average Bonchev–Trinajstić information content (AvgIpc) is 3.29. The van der Waals surface area contributed by atoms with Crippen molar-refractivity contribution in [2.45, 2.75) is 129 Å². The van der Waals surface area contributed by atoms with Crippen LogP contribution in [0.2, 0.25) is 0 Å². The van der Waals surface area contributed by atoms with Crippen LogP contribution in [0.3, 0.4) is 0 Å². The number of nitriles is 1. The van der Waals surface area contributed by atoms with E-state index in [4.69, 9.17) is 15.5 Å². The smallest absolute Gasteiger partial charge is 0.335 e. The largest absolute Gasteiger partial charge is 0.478 e. The molecule has 0 aliphatic carbocycles. The molecule has 0 heterocycles. The van der Waals surface area contributed by atoms with E-state index in [0.717, 1.165) is 37.7 Å². The molecule has 0 saturated heterocycles. The minimum atomic E-state index is -0.863. The van der Waals surface area contributed by atoms with E-state index in [2.05, 4.69) is 126 Å². The number of aromatic carboxylic acids is 1. The summed E-state index contributed by atoms with van der Waals surface area (Å²) in [6.07, 6.45) is 1.22. The van der Waals surface area contributed by atoms with Crippen molar-refractivity contribution >= 4 is 44.5 Å². The van der Waals surface area contributed by atoms with Crippen LogP contribution in [0.25, 0.3) is 0 Å². The lowest BCUT2D eigenvalue weighted by Gasteiger charge is -2.16. The maximum absolute atomic E-state index is 10.4. The number of hydrogen-bond donors (Lipinski definition) is 2. The molecule has 5 rings (SSSR count). The molecule has 0 unspecified atom stereocenters. The number of aliphatic hydroxyl groups is 1. The number of rotatable bonds is 7. The van der Waals surface area contributed by atoms with Crippen LogP contribution in [0.4, 0.5) is 0 Å². The SMILES string of the molecule is CC.CC.CC.CC.CC.CCCN(C)Cc1ccccc1C.Cc1ccccc1C(=O)O.Cc1ccccc1CBr.Cc1ccccc1CO.N#Cc1ccccc1I. The van der Waals surface area contributed by atoms with Crippen molar-refractivity contribution in [3.63, 3.8) is 0 Å². The van der Waals surface area contributed by atoms with Crippen LogP contribution in [0.1, 0.15) is 137 Å². The first-order chi connectivity index (χ1) is 29.0. The molecule has 60 heavy (non-hydrogen) atoms. The Balaban J connectivity index is -0.000000200. The van der Waals surface area contributed by atoms with Crippen molar-refractivity contribution in [1.29, 1.82) is 5.26 Å². The number of nitrogens with zero attached hydrogens (tertiary/aromatic N) is 2. The molecule has 5 aromatic carbocycles. The van der Waals surface area contributed by atoms with E-state index in [1.165, 1.54) is 35.2 Å². The van der Waals surface area contributed by atoms with Crippen molar-refractivity contribution in [2.24, 2.45) is 0 Å². The Morgan fingerprint density at radius 1 is 0.617 bits per heavy atom. The molecule has 0 aliphatic heterocycles. The van der Waals surface area contributed by atoms with Gasteiger partial charge in [0, 0.05) is 15.4 Å². The molecule has 7 heteroatoms. The number of carboxylic acid groups (broad SMARTS) is 1. The van der Waals surface area contributed by atoms with Gasteiger partial charge in [0.2, 0.25) is 0 Å². The van der Waals surface area contributed by atoms with Crippen molar-refractivity contribution in [1.82, 2.24) is 4.90 Å². The van der Waals surface area contributed by atoms with E-state index < -0.39 is 5.97 Å². The molecular weight excluding hydrogens is 919 g/mol. The Kier molecular flexibility index (Phi) is 52.1. The first-order valence-corrected chi connectivity index (χ1v) is 23.6. The number of alkyl halides is 1. The van der Waals surface area contributed by atoms with E-state index in [1.807, 2.05) is 131 Å². The molecule has 0 aromatic heterocycles. The Morgan fingerprint density at radius 2 is 0.983 bits per heavy atom. The summed E-state index contributed by atoms with van der Waals surface area (Å²) in [4.78, 5) is 12.8. The number of carboxylic acids is 1. The van der Waals surface area contributed by atoms with Crippen LogP contribution in [0.5, 0.6) is 0 Å². The summed E-state index contributed by atoms with van der Waals surface area (Å²) < 4.78 is 1.01. The van der Waals surface area contributed by atoms with Gasteiger partial charge in [0.15, 0.2) is 0 Å². The van der Waals surface area contributed by atoms with Crippen LogP contribution in [-0.4, -0.2) is 34.7 Å². The monoisotopic (exact) mass is 998 g/mol. The van der Waals surface area contributed by atoms with E-state index >= 15 is 0 Å². The lowest BCUT2D eigenvalue weighted by molar-refractivity contribution is 0.0696. The van der Waals surface area contributed by atoms with E-state index in [-0.39, 0.29) is 6.61 Å². The number of halogens is 2. The standard InChI is InChI=1S/C12H19N.C8H9Br.C8H8O2.C8H10O.C7H4IN.5C2H6/c1-4-9-13(3)10-12-8-6-5-7-11(12)2;1-7-4-2-3-5-8(7)6-9;1-6-4-2-3-5-7(6)8(9)10;1-7-4-2-3-5-8(7)6-9;8-7-4-2-1-3-6(7)5-9;5*1-2/h5-8H,4,9-10H2,1-3H3;2-5H,6H2,1H3;2-5H,1H3,(H,9,10);2-5,9H,6H2,1H3;1-4H;5*1-2H3. The number of carbonyl (C=O) groups is 1. The van der Waals surface area contributed by atoms with Gasteiger partial charge >= 0.3 is 5.97 Å². The predicted molar refractivity (Wildman–Crippen MR) is 277 cm³/mol. The zero-order valence-corrected chi connectivity index (χ0v) is 43.8. The molecule has 0 aliphatic rings. The average molecular weight is 1000 g/mol.